The van der Waals surface area contributed by atoms with Crippen molar-refractivity contribution in [3.63, 3.8) is 0 Å². The van der Waals surface area contributed by atoms with Gasteiger partial charge in [0.05, 0.1) is 11.9 Å². The SMILES string of the molecule is CNC1CCN(c2ccc(N(CC=C(C)C)C(=O)c3ccc(C4CCCCC4)cc3)cn2)C1. The predicted molar refractivity (Wildman–Crippen MR) is 137 cm³/mol. The van der Waals surface area contributed by atoms with Crippen molar-refractivity contribution >= 4 is 17.4 Å². The van der Waals surface area contributed by atoms with Gasteiger partial charge in [-0.05, 0) is 75.9 Å². The maximum atomic E-state index is 13.5. The molecule has 0 bridgehead atoms. The molecule has 5 heteroatoms. The molecule has 5 nitrogen and oxygen atoms in total. The van der Waals surface area contributed by atoms with Gasteiger partial charge < -0.3 is 15.1 Å². The lowest BCUT2D eigenvalue weighted by Gasteiger charge is -2.24. The summed E-state index contributed by atoms with van der Waals surface area (Å²) in [4.78, 5) is 22.4. The normalized spacial score (nSPS) is 18.9. The topological polar surface area (TPSA) is 48.5 Å². The van der Waals surface area contributed by atoms with Crippen molar-refractivity contribution in [1.29, 1.82) is 0 Å². The number of nitrogens with zero attached hydrogens (tertiary/aromatic N) is 3. The van der Waals surface area contributed by atoms with Crippen molar-refractivity contribution in [2.45, 2.75) is 64.3 Å². The highest BCUT2D eigenvalue weighted by molar-refractivity contribution is 6.06. The summed E-state index contributed by atoms with van der Waals surface area (Å²) in [6.07, 6.45) is 11.6. The average Bonchev–Trinajstić information content (AvgIpc) is 3.34. The minimum atomic E-state index is 0.0219. The molecule has 1 saturated heterocycles. The fourth-order valence-corrected chi connectivity index (χ4v) is 5.00. The summed E-state index contributed by atoms with van der Waals surface area (Å²) in [6.45, 7) is 6.64. The first kappa shape index (κ1) is 23.5. The van der Waals surface area contributed by atoms with Crippen LogP contribution in [0.1, 0.15) is 74.2 Å². The molecule has 1 saturated carbocycles. The Morgan fingerprint density at radius 1 is 1.09 bits per heavy atom. The first-order valence-electron chi connectivity index (χ1n) is 12.5. The Hall–Kier alpha value is -2.66. The zero-order chi connectivity index (χ0) is 23.2. The lowest BCUT2D eigenvalue weighted by Crippen LogP contribution is -2.32. The molecule has 1 aliphatic heterocycles. The number of carbonyl (C=O) groups excluding carboxylic acids is 1. The van der Waals surface area contributed by atoms with Gasteiger partial charge in [0.2, 0.25) is 0 Å². The molecule has 2 fully saturated rings. The minimum Gasteiger partial charge on any atom is -0.355 e. The van der Waals surface area contributed by atoms with E-state index in [1.165, 1.54) is 43.2 Å². The van der Waals surface area contributed by atoms with Crippen LogP contribution in [0.2, 0.25) is 0 Å². The van der Waals surface area contributed by atoms with E-state index in [2.05, 4.69) is 42.3 Å². The fraction of sp³-hybridized carbons (Fsp3) is 0.500. The number of amides is 1. The van der Waals surface area contributed by atoms with Crippen molar-refractivity contribution in [2.75, 3.05) is 36.5 Å². The number of anilines is 2. The van der Waals surface area contributed by atoms with E-state index in [-0.39, 0.29) is 5.91 Å². The number of carbonyl (C=O) groups is 1. The maximum absolute atomic E-state index is 13.5. The average molecular weight is 447 g/mol. The summed E-state index contributed by atoms with van der Waals surface area (Å²) in [5.74, 6) is 1.64. The van der Waals surface area contributed by atoms with Crippen LogP contribution in [0, 0.1) is 0 Å². The third-order valence-electron chi connectivity index (χ3n) is 7.13. The van der Waals surface area contributed by atoms with Gasteiger partial charge in [0.1, 0.15) is 5.82 Å². The second-order valence-electron chi connectivity index (χ2n) is 9.75. The number of hydrogen-bond acceptors (Lipinski definition) is 4. The monoisotopic (exact) mass is 446 g/mol. The van der Waals surface area contributed by atoms with Crippen LogP contribution in [0.5, 0.6) is 0 Å². The van der Waals surface area contributed by atoms with Crippen LogP contribution in [0.15, 0.2) is 54.2 Å². The lowest BCUT2D eigenvalue weighted by atomic mass is 9.84. The number of pyridine rings is 1. The van der Waals surface area contributed by atoms with Gasteiger partial charge in [-0.15, -0.1) is 0 Å². The molecule has 0 spiro atoms. The standard InChI is InChI=1S/C28H38N4O/c1-21(2)15-18-32(26-13-14-27(30-19-26)31-17-16-25(20-31)29-3)28(33)24-11-9-23(10-12-24)22-7-5-4-6-8-22/h9-15,19,22,25,29H,4-8,16-18,20H2,1-3H3. The van der Waals surface area contributed by atoms with Gasteiger partial charge in [0, 0.05) is 31.2 Å². The number of likely N-dealkylation sites (N-methyl/N-ethyl adjacent to an activating group) is 1. The molecule has 1 atom stereocenters. The summed E-state index contributed by atoms with van der Waals surface area (Å²) >= 11 is 0. The highest BCUT2D eigenvalue weighted by atomic mass is 16.2. The van der Waals surface area contributed by atoms with Gasteiger partial charge in [-0.2, -0.15) is 0 Å². The molecule has 1 unspecified atom stereocenters. The van der Waals surface area contributed by atoms with Crippen LogP contribution >= 0.6 is 0 Å². The summed E-state index contributed by atoms with van der Waals surface area (Å²) < 4.78 is 0. The number of hydrogen-bond donors (Lipinski definition) is 1. The molecule has 0 radical (unpaired) electrons. The summed E-state index contributed by atoms with van der Waals surface area (Å²) in [6, 6.07) is 12.9. The second-order valence-corrected chi connectivity index (χ2v) is 9.75. The zero-order valence-corrected chi connectivity index (χ0v) is 20.4. The van der Waals surface area contributed by atoms with Crippen LogP contribution in [0.4, 0.5) is 11.5 Å². The van der Waals surface area contributed by atoms with Crippen molar-refractivity contribution in [3.8, 4) is 0 Å². The number of allylic oxidation sites excluding steroid dienone is 1. The van der Waals surface area contributed by atoms with Gasteiger partial charge in [0.15, 0.2) is 0 Å². The van der Waals surface area contributed by atoms with Crippen molar-refractivity contribution in [3.05, 3.63) is 65.4 Å². The van der Waals surface area contributed by atoms with E-state index >= 15 is 0 Å². The summed E-state index contributed by atoms with van der Waals surface area (Å²) in [5, 5.41) is 3.35. The molecular weight excluding hydrogens is 408 g/mol. The van der Waals surface area contributed by atoms with Crippen molar-refractivity contribution in [2.24, 2.45) is 0 Å². The lowest BCUT2D eigenvalue weighted by molar-refractivity contribution is 0.0989. The Morgan fingerprint density at radius 3 is 2.45 bits per heavy atom. The molecule has 2 aliphatic rings. The van der Waals surface area contributed by atoms with Gasteiger partial charge in [-0.25, -0.2) is 4.98 Å². The van der Waals surface area contributed by atoms with Crippen LogP contribution in [0.25, 0.3) is 0 Å². The highest BCUT2D eigenvalue weighted by Gasteiger charge is 2.23. The number of benzene rings is 1. The van der Waals surface area contributed by atoms with Gasteiger partial charge in [-0.3, -0.25) is 4.79 Å². The minimum absolute atomic E-state index is 0.0219. The summed E-state index contributed by atoms with van der Waals surface area (Å²) in [7, 11) is 2.01. The van der Waals surface area contributed by atoms with Crippen LogP contribution in [-0.4, -0.2) is 43.6 Å². The van der Waals surface area contributed by atoms with E-state index in [0.29, 0.717) is 18.5 Å². The number of nitrogens with one attached hydrogen (secondary N) is 1. The molecule has 1 aromatic heterocycles. The Balaban J connectivity index is 1.51. The van der Waals surface area contributed by atoms with Crippen LogP contribution in [0.3, 0.4) is 0 Å². The molecule has 2 heterocycles. The van der Waals surface area contributed by atoms with E-state index in [4.69, 9.17) is 4.98 Å². The Morgan fingerprint density at radius 2 is 1.85 bits per heavy atom. The molecule has 1 aromatic carbocycles. The number of aromatic nitrogens is 1. The quantitative estimate of drug-likeness (QED) is 0.567. The fourth-order valence-electron chi connectivity index (χ4n) is 5.00. The molecule has 4 rings (SSSR count). The second kappa shape index (κ2) is 11.0. The van der Waals surface area contributed by atoms with E-state index in [1.807, 2.05) is 42.4 Å². The third kappa shape index (κ3) is 5.83. The first-order valence-corrected chi connectivity index (χ1v) is 12.5. The van der Waals surface area contributed by atoms with Crippen LogP contribution in [-0.2, 0) is 0 Å². The maximum Gasteiger partial charge on any atom is 0.258 e. The molecule has 1 N–H and O–H groups in total. The Kier molecular flexibility index (Phi) is 7.81. The third-order valence-corrected chi connectivity index (χ3v) is 7.13. The van der Waals surface area contributed by atoms with E-state index < -0.39 is 0 Å². The van der Waals surface area contributed by atoms with Gasteiger partial charge >= 0.3 is 0 Å². The largest absolute Gasteiger partial charge is 0.355 e. The first-order chi connectivity index (χ1) is 16.0. The van der Waals surface area contributed by atoms with Crippen LogP contribution < -0.4 is 15.1 Å². The molecule has 1 aliphatic carbocycles. The van der Waals surface area contributed by atoms with E-state index in [1.54, 1.807) is 0 Å². The molecular formula is C28H38N4O. The zero-order valence-electron chi connectivity index (χ0n) is 20.4. The number of rotatable bonds is 7. The molecule has 1 amide bonds. The van der Waals surface area contributed by atoms with E-state index in [0.717, 1.165) is 36.6 Å². The Labute approximate surface area is 198 Å². The Bertz CT molecular complexity index is 941. The molecule has 176 valence electrons. The predicted octanol–water partition coefficient (Wildman–Crippen LogP) is 5.54. The smallest absolute Gasteiger partial charge is 0.258 e. The highest BCUT2D eigenvalue weighted by Crippen LogP contribution is 2.33. The van der Waals surface area contributed by atoms with Gasteiger partial charge in [-0.1, -0.05) is 43.0 Å². The molecule has 33 heavy (non-hydrogen) atoms. The molecule has 2 aromatic rings. The van der Waals surface area contributed by atoms with E-state index in [9.17, 15) is 4.79 Å². The van der Waals surface area contributed by atoms with Crippen molar-refractivity contribution < 1.29 is 4.79 Å². The summed E-state index contributed by atoms with van der Waals surface area (Å²) in [5.41, 5.74) is 4.14. The van der Waals surface area contributed by atoms with Gasteiger partial charge in [0.25, 0.3) is 5.91 Å². The van der Waals surface area contributed by atoms with Crippen molar-refractivity contribution in [1.82, 2.24) is 10.3 Å².